The summed E-state index contributed by atoms with van der Waals surface area (Å²) >= 11 is 0. The van der Waals surface area contributed by atoms with Gasteiger partial charge in [0.15, 0.2) is 11.3 Å². The Kier molecular flexibility index (Phi) is 4.03. The Morgan fingerprint density at radius 3 is 3.11 bits per heavy atom. The lowest BCUT2D eigenvalue weighted by molar-refractivity contribution is -0.116. The van der Waals surface area contributed by atoms with Crippen LogP contribution >= 0.6 is 0 Å². The third-order valence-corrected chi connectivity index (χ3v) is 2.57. The van der Waals surface area contributed by atoms with Gasteiger partial charge in [-0.15, -0.1) is 6.58 Å². The lowest BCUT2D eigenvalue weighted by Gasteiger charge is -1.98. The zero-order chi connectivity index (χ0) is 13.7. The van der Waals surface area contributed by atoms with Gasteiger partial charge in [0.1, 0.15) is 5.76 Å². The molecular weight excluding hydrogens is 242 g/mol. The summed E-state index contributed by atoms with van der Waals surface area (Å²) in [7, 11) is 1.59. The number of nitrogens with one attached hydrogen (secondary N) is 1. The number of carbonyl (C=O) groups excluding carboxylic acids is 1. The number of carbonyl (C=O) groups is 1. The van der Waals surface area contributed by atoms with Gasteiger partial charge in [-0.2, -0.15) is 0 Å². The van der Waals surface area contributed by atoms with Crippen molar-refractivity contribution in [2.75, 3.05) is 13.7 Å². The smallest absolute Gasteiger partial charge is 0.244 e. The number of ether oxygens (including phenoxy) is 1. The van der Waals surface area contributed by atoms with Gasteiger partial charge in [-0.05, 0) is 18.2 Å². The molecule has 4 nitrogen and oxygen atoms in total. The summed E-state index contributed by atoms with van der Waals surface area (Å²) in [5.74, 6) is 1.09. The summed E-state index contributed by atoms with van der Waals surface area (Å²) in [4.78, 5) is 11.4. The highest BCUT2D eigenvalue weighted by molar-refractivity contribution is 5.92. The van der Waals surface area contributed by atoms with Crippen LogP contribution < -0.4 is 10.1 Å². The number of hydrogen-bond donors (Lipinski definition) is 1. The summed E-state index contributed by atoms with van der Waals surface area (Å²) in [5.41, 5.74) is 0.677. The van der Waals surface area contributed by atoms with Crippen molar-refractivity contribution in [3.05, 3.63) is 48.8 Å². The van der Waals surface area contributed by atoms with Crippen molar-refractivity contribution in [1.82, 2.24) is 5.32 Å². The number of hydrogen-bond acceptors (Lipinski definition) is 3. The summed E-state index contributed by atoms with van der Waals surface area (Å²) < 4.78 is 10.8. The van der Waals surface area contributed by atoms with Crippen LogP contribution in [0.1, 0.15) is 5.76 Å². The summed E-state index contributed by atoms with van der Waals surface area (Å²) in [6, 6.07) is 7.50. The van der Waals surface area contributed by atoms with E-state index in [1.807, 2.05) is 24.3 Å². The summed E-state index contributed by atoms with van der Waals surface area (Å²) in [5, 5.41) is 3.58. The highest BCUT2D eigenvalue weighted by atomic mass is 16.5. The maximum absolute atomic E-state index is 11.4. The SMILES string of the molecule is C=CCNC(=O)/C=C/c1cc2cccc(OC)c2o1. The molecule has 0 saturated carbocycles. The molecule has 98 valence electrons. The molecule has 0 radical (unpaired) electrons. The van der Waals surface area contributed by atoms with Gasteiger partial charge in [-0.1, -0.05) is 18.2 Å². The van der Waals surface area contributed by atoms with Gasteiger partial charge in [0.05, 0.1) is 7.11 Å². The van der Waals surface area contributed by atoms with E-state index in [1.165, 1.54) is 6.08 Å². The van der Waals surface area contributed by atoms with Crippen LogP contribution in [-0.2, 0) is 4.79 Å². The van der Waals surface area contributed by atoms with Crippen LogP contribution in [0, 0.1) is 0 Å². The first kappa shape index (κ1) is 13.0. The summed E-state index contributed by atoms with van der Waals surface area (Å²) in [6.45, 7) is 3.97. The van der Waals surface area contributed by atoms with E-state index in [4.69, 9.17) is 9.15 Å². The molecule has 0 fully saturated rings. The molecule has 0 unspecified atom stereocenters. The molecule has 2 rings (SSSR count). The minimum absolute atomic E-state index is 0.188. The Bertz CT molecular complexity index is 625. The molecule has 0 bridgehead atoms. The molecule has 0 spiro atoms. The van der Waals surface area contributed by atoms with Crippen LogP contribution in [0.3, 0.4) is 0 Å². The van der Waals surface area contributed by atoms with E-state index in [1.54, 1.807) is 19.3 Å². The van der Waals surface area contributed by atoms with Gasteiger partial charge in [0.25, 0.3) is 0 Å². The highest BCUT2D eigenvalue weighted by Gasteiger charge is 2.06. The minimum atomic E-state index is -0.188. The molecule has 0 aliphatic heterocycles. The van der Waals surface area contributed by atoms with E-state index in [0.717, 1.165) is 5.39 Å². The Balaban J connectivity index is 2.20. The molecule has 1 aromatic heterocycles. The van der Waals surface area contributed by atoms with E-state index < -0.39 is 0 Å². The molecule has 1 N–H and O–H groups in total. The van der Waals surface area contributed by atoms with Gasteiger partial charge in [-0.25, -0.2) is 0 Å². The third kappa shape index (κ3) is 3.04. The monoisotopic (exact) mass is 257 g/mol. The van der Waals surface area contributed by atoms with Crippen LogP contribution in [0.5, 0.6) is 5.75 Å². The average Bonchev–Trinajstić information content (AvgIpc) is 2.85. The molecule has 4 heteroatoms. The van der Waals surface area contributed by atoms with Crippen molar-refractivity contribution in [3.8, 4) is 5.75 Å². The van der Waals surface area contributed by atoms with Crippen LogP contribution in [0.2, 0.25) is 0 Å². The highest BCUT2D eigenvalue weighted by Crippen LogP contribution is 2.28. The van der Waals surface area contributed by atoms with Crippen LogP contribution in [0.4, 0.5) is 0 Å². The van der Waals surface area contributed by atoms with Crippen LogP contribution in [-0.4, -0.2) is 19.6 Å². The fourth-order valence-electron chi connectivity index (χ4n) is 1.69. The third-order valence-electron chi connectivity index (χ3n) is 2.57. The second-order valence-corrected chi connectivity index (χ2v) is 3.89. The molecule has 2 aromatic rings. The molecule has 1 amide bonds. The van der Waals surface area contributed by atoms with Crippen molar-refractivity contribution in [3.63, 3.8) is 0 Å². The molecular formula is C15H15NO3. The van der Waals surface area contributed by atoms with Crippen molar-refractivity contribution in [2.24, 2.45) is 0 Å². The van der Waals surface area contributed by atoms with Crippen LogP contribution in [0.15, 0.2) is 47.4 Å². The van der Waals surface area contributed by atoms with Gasteiger partial charge in [-0.3, -0.25) is 4.79 Å². The molecule has 1 heterocycles. The zero-order valence-electron chi connectivity index (χ0n) is 10.7. The predicted octanol–water partition coefficient (Wildman–Crippen LogP) is 2.76. The predicted molar refractivity (Wildman–Crippen MR) is 75.0 cm³/mol. The maximum atomic E-state index is 11.4. The second-order valence-electron chi connectivity index (χ2n) is 3.89. The van der Waals surface area contributed by atoms with Crippen molar-refractivity contribution < 1.29 is 13.9 Å². The number of amides is 1. The topological polar surface area (TPSA) is 51.5 Å². The number of furan rings is 1. The lowest BCUT2D eigenvalue weighted by atomic mass is 10.2. The Labute approximate surface area is 111 Å². The van der Waals surface area contributed by atoms with Crippen LogP contribution in [0.25, 0.3) is 17.0 Å². The molecule has 0 aliphatic rings. The van der Waals surface area contributed by atoms with Gasteiger partial charge in [0, 0.05) is 18.0 Å². The first-order valence-corrected chi connectivity index (χ1v) is 5.88. The molecule has 1 aromatic carbocycles. The molecule has 19 heavy (non-hydrogen) atoms. The van der Waals surface area contributed by atoms with Crippen molar-refractivity contribution in [1.29, 1.82) is 0 Å². The molecule has 0 aliphatic carbocycles. The minimum Gasteiger partial charge on any atom is -0.493 e. The largest absolute Gasteiger partial charge is 0.493 e. The first-order chi connectivity index (χ1) is 9.24. The van der Waals surface area contributed by atoms with Crippen molar-refractivity contribution in [2.45, 2.75) is 0 Å². The van der Waals surface area contributed by atoms with E-state index in [0.29, 0.717) is 23.6 Å². The van der Waals surface area contributed by atoms with Gasteiger partial charge >= 0.3 is 0 Å². The number of methoxy groups -OCH3 is 1. The lowest BCUT2D eigenvalue weighted by Crippen LogP contribution is -2.20. The van der Waals surface area contributed by atoms with Gasteiger partial charge < -0.3 is 14.5 Å². The standard InChI is InChI=1S/C15H15NO3/c1-3-9-16-14(17)8-7-12-10-11-5-4-6-13(18-2)15(11)19-12/h3-8,10H,1,9H2,2H3,(H,16,17)/b8-7+. The maximum Gasteiger partial charge on any atom is 0.244 e. The first-order valence-electron chi connectivity index (χ1n) is 5.88. The fourth-order valence-corrected chi connectivity index (χ4v) is 1.69. The average molecular weight is 257 g/mol. The Hall–Kier alpha value is -2.49. The number of rotatable bonds is 5. The number of para-hydroxylation sites is 1. The summed E-state index contributed by atoms with van der Waals surface area (Å²) in [6.07, 6.45) is 4.67. The Morgan fingerprint density at radius 2 is 2.37 bits per heavy atom. The molecule has 0 atom stereocenters. The second kappa shape index (κ2) is 5.91. The van der Waals surface area contributed by atoms with E-state index >= 15 is 0 Å². The Morgan fingerprint density at radius 1 is 1.53 bits per heavy atom. The normalized spacial score (nSPS) is 10.8. The van der Waals surface area contributed by atoms with E-state index in [-0.39, 0.29) is 5.91 Å². The van der Waals surface area contributed by atoms with E-state index in [2.05, 4.69) is 11.9 Å². The molecule has 0 saturated heterocycles. The fraction of sp³-hybridized carbons (Fsp3) is 0.133. The number of fused-ring (bicyclic) bond motifs is 1. The zero-order valence-corrected chi connectivity index (χ0v) is 10.7. The van der Waals surface area contributed by atoms with Gasteiger partial charge in [0.2, 0.25) is 5.91 Å². The van der Waals surface area contributed by atoms with Crippen molar-refractivity contribution >= 4 is 23.0 Å². The quantitative estimate of drug-likeness (QED) is 0.662. The number of benzene rings is 1. The van der Waals surface area contributed by atoms with E-state index in [9.17, 15) is 4.79 Å².